The molecule has 96 valence electrons. The Morgan fingerprint density at radius 2 is 1.75 bits per heavy atom. The Balaban J connectivity index is 4.80. The van der Waals surface area contributed by atoms with Crippen LogP contribution in [0.3, 0.4) is 0 Å². The molecule has 3 atom stereocenters. The topological polar surface area (TPSA) is 165 Å². The molecule has 10 heteroatoms. The summed E-state index contributed by atoms with van der Waals surface area (Å²) in [5, 5.41) is 35.1. The Hall–Kier alpha value is -0.380. The Kier molecular flexibility index (Phi) is 6.23. The van der Waals surface area contributed by atoms with Crippen molar-refractivity contribution < 1.29 is 44.1 Å². The number of Topliss-reactive ketones (excluding diaryl/α,β-unsaturated/α-hetero) is 1. The highest BCUT2D eigenvalue weighted by Crippen LogP contribution is 2.38. The summed E-state index contributed by atoms with van der Waals surface area (Å²) < 4.78 is 14.4. The second kappa shape index (κ2) is 6.38. The fourth-order valence-corrected chi connectivity index (χ4v) is 1.40. The predicted octanol–water partition coefficient (Wildman–Crippen LogP) is -3.26. The Labute approximate surface area is 90.2 Å². The van der Waals surface area contributed by atoms with Gasteiger partial charge in [0.05, 0.1) is 6.61 Å². The molecule has 0 aliphatic heterocycles. The molecule has 0 bridgehead atoms. The zero-order chi connectivity index (χ0) is 12.9. The molecule has 9 nitrogen and oxygen atoms in total. The standard InChI is InChI=1S/C6H13O9P/c7-1-3(9)5(11)6(4(10)2-8)15-16(12,13)14/h3,5-9,11H,1-2H2,(H2,12,13,14)/t3-,5+,6-/m1/s1. The third kappa shape index (κ3) is 5.10. The molecule has 0 fully saturated rings. The maximum Gasteiger partial charge on any atom is 0.470 e. The molecule has 0 aliphatic carbocycles. The molecule has 0 aromatic heterocycles. The number of phosphoric ester groups is 1. The van der Waals surface area contributed by atoms with Crippen LogP contribution >= 0.6 is 7.82 Å². The number of carbonyl (C=O) groups is 1. The van der Waals surface area contributed by atoms with Crippen LogP contribution in [0.1, 0.15) is 0 Å². The highest BCUT2D eigenvalue weighted by molar-refractivity contribution is 7.46. The van der Waals surface area contributed by atoms with Gasteiger partial charge in [-0.25, -0.2) is 4.57 Å². The molecule has 0 rings (SSSR count). The Bertz CT molecular complexity index is 273. The monoisotopic (exact) mass is 260 g/mol. The second-order valence-electron chi connectivity index (χ2n) is 2.88. The van der Waals surface area contributed by atoms with Crippen molar-refractivity contribution in [1.29, 1.82) is 0 Å². The number of hydrogen-bond donors (Lipinski definition) is 6. The Morgan fingerprint density at radius 1 is 1.25 bits per heavy atom. The van der Waals surface area contributed by atoms with Crippen molar-refractivity contribution in [3.63, 3.8) is 0 Å². The minimum Gasteiger partial charge on any atom is -0.394 e. The lowest BCUT2D eigenvalue weighted by Gasteiger charge is -2.24. The molecule has 16 heavy (non-hydrogen) atoms. The third-order valence-electron chi connectivity index (χ3n) is 1.62. The van der Waals surface area contributed by atoms with E-state index in [1.807, 2.05) is 0 Å². The van der Waals surface area contributed by atoms with Gasteiger partial charge < -0.3 is 30.2 Å². The van der Waals surface area contributed by atoms with E-state index in [9.17, 15) is 14.5 Å². The molecule has 0 radical (unpaired) electrons. The van der Waals surface area contributed by atoms with Gasteiger partial charge in [-0.15, -0.1) is 0 Å². The first-order valence-corrected chi connectivity index (χ1v) is 5.60. The quantitative estimate of drug-likeness (QED) is 0.258. The van der Waals surface area contributed by atoms with Gasteiger partial charge in [-0.2, -0.15) is 0 Å². The van der Waals surface area contributed by atoms with E-state index in [2.05, 4.69) is 4.52 Å². The summed E-state index contributed by atoms with van der Waals surface area (Å²) in [4.78, 5) is 27.9. The van der Waals surface area contributed by atoms with Crippen molar-refractivity contribution in [2.24, 2.45) is 0 Å². The molecule has 0 heterocycles. The second-order valence-corrected chi connectivity index (χ2v) is 4.07. The normalized spacial score (nSPS) is 17.9. The predicted molar refractivity (Wildman–Crippen MR) is 48.1 cm³/mol. The first kappa shape index (κ1) is 15.6. The molecule has 0 saturated heterocycles. The molecule has 0 amide bonds. The van der Waals surface area contributed by atoms with Crippen LogP contribution in [0.2, 0.25) is 0 Å². The fraction of sp³-hybridized carbons (Fsp3) is 0.833. The van der Waals surface area contributed by atoms with E-state index >= 15 is 0 Å². The van der Waals surface area contributed by atoms with Crippen LogP contribution in [0.5, 0.6) is 0 Å². The van der Waals surface area contributed by atoms with Gasteiger partial charge in [-0.3, -0.25) is 9.32 Å². The van der Waals surface area contributed by atoms with Gasteiger partial charge in [0.15, 0.2) is 11.9 Å². The third-order valence-corrected chi connectivity index (χ3v) is 2.12. The number of phosphoric acid groups is 1. The average molecular weight is 260 g/mol. The van der Waals surface area contributed by atoms with E-state index in [-0.39, 0.29) is 0 Å². The van der Waals surface area contributed by atoms with Crippen molar-refractivity contribution in [3.05, 3.63) is 0 Å². The van der Waals surface area contributed by atoms with Gasteiger partial charge in [0.1, 0.15) is 18.8 Å². The van der Waals surface area contributed by atoms with Crippen molar-refractivity contribution >= 4 is 13.6 Å². The summed E-state index contributed by atoms with van der Waals surface area (Å²) in [6, 6.07) is 0. The summed E-state index contributed by atoms with van der Waals surface area (Å²) in [6.45, 7) is -2.08. The van der Waals surface area contributed by atoms with Gasteiger partial charge in [-0.05, 0) is 0 Å². The molecule has 0 aliphatic rings. The van der Waals surface area contributed by atoms with E-state index in [1.165, 1.54) is 0 Å². The van der Waals surface area contributed by atoms with Crippen LogP contribution in [0.4, 0.5) is 0 Å². The number of aliphatic hydroxyl groups excluding tert-OH is 4. The molecule has 0 spiro atoms. The lowest BCUT2D eigenvalue weighted by Crippen LogP contribution is -2.46. The zero-order valence-electron chi connectivity index (χ0n) is 8.00. The molecule has 0 saturated carbocycles. The van der Waals surface area contributed by atoms with E-state index in [1.54, 1.807) is 0 Å². The molecule has 0 unspecified atom stereocenters. The van der Waals surface area contributed by atoms with Gasteiger partial charge in [0.2, 0.25) is 0 Å². The lowest BCUT2D eigenvalue weighted by atomic mass is 10.1. The van der Waals surface area contributed by atoms with Crippen molar-refractivity contribution in [3.8, 4) is 0 Å². The lowest BCUT2D eigenvalue weighted by molar-refractivity contribution is -0.141. The number of aliphatic hydroxyl groups is 4. The maximum atomic E-state index is 11.0. The van der Waals surface area contributed by atoms with Crippen molar-refractivity contribution in [1.82, 2.24) is 0 Å². The first-order chi connectivity index (χ1) is 7.22. The summed E-state index contributed by atoms with van der Waals surface area (Å²) >= 11 is 0. The summed E-state index contributed by atoms with van der Waals surface area (Å²) in [5.74, 6) is -1.23. The number of hydrogen-bond acceptors (Lipinski definition) is 7. The summed E-state index contributed by atoms with van der Waals surface area (Å²) in [5.41, 5.74) is 0. The van der Waals surface area contributed by atoms with Crippen LogP contribution in [-0.4, -0.2) is 67.5 Å². The van der Waals surface area contributed by atoms with E-state index < -0.39 is 45.1 Å². The summed E-state index contributed by atoms with van der Waals surface area (Å²) in [7, 11) is -5.08. The largest absolute Gasteiger partial charge is 0.470 e. The van der Waals surface area contributed by atoms with Gasteiger partial charge in [0.25, 0.3) is 0 Å². The fourth-order valence-electron chi connectivity index (χ4n) is 0.859. The Morgan fingerprint density at radius 3 is 2.06 bits per heavy atom. The SMILES string of the molecule is O=C(CO)[C@@H](OP(=O)(O)O)[C@@H](O)[C@H](O)CO. The number of rotatable bonds is 7. The van der Waals surface area contributed by atoms with Crippen molar-refractivity contribution in [2.75, 3.05) is 13.2 Å². The van der Waals surface area contributed by atoms with Gasteiger partial charge >= 0.3 is 7.82 Å². The van der Waals surface area contributed by atoms with E-state index in [0.29, 0.717) is 0 Å². The van der Waals surface area contributed by atoms with Crippen LogP contribution in [0.15, 0.2) is 0 Å². The molecule has 0 aromatic rings. The van der Waals surface area contributed by atoms with E-state index in [4.69, 9.17) is 25.1 Å². The minimum absolute atomic E-state index is 0.944. The van der Waals surface area contributed by atoms with Gasteiger partial charge in [-0.1, -0.05) is 0 Å². The zero-order valence-corrected chi connectivity index (χ0v) is 8.90. The van der Waals surface area contributed by atoms with Crippen molar-refractivity contribution in [2.45, 2.75) is 18.3 Å². The number of carbonyl (C=O) groups excluding carboxylic acids is 1. The van der Waals surface area contributed by atoms with Crippen LogP contribution in [0, 0.1) is 0 Å². The molecule has 6 N–H and O–H groups in total. The average Bonchev–Trinajstić information content (AvgIpc) is 2.21. The van der Waals surface area contributed by atoms with Crippen LogP contribution < -0.4 is 0 Å². The van der Waals surface area contributed by atoms with Crippen LogP contribution in [-0.2, 0) is 13.9 Å². The summed E-state index contributed by atoms with van der Waals surface area (Å²) in [6.07, 6.45) is -6.00. The highest BCUT2D eigenvalue weighted by Gasteiger charge is 2.37. The molecular formula is C6H13O9P. The smallest absolute Gasteiger partial charge is 0.394 e. The molecule has 0 aromatic carbocycles. The first-order valence-electron chi connectivity index (χ1n) is 4.07. The van der Waals surface area contributed by atoms with Crippen LogP contribution in [0.25, 0.3) is 0 Å². The maximum absolute atomic E-state index is 11.0. The number of ketones is 1. The highest BCUT2D eigenvalue weighted by atomic mass is 31.2. The molecular weight excluding hydrogens is 247 g/mol. The minimum atomic E-state index is -5.08. The van der Waals surface area contributed by atoms with E-state index in [0.717, 1.165) is 0 Å². The van der Waals surface area contributed by atoms with Gasteiger partial charge in [0, 0.05) is 0 Å².